The lowest BCUT2D eigenvalue weighted by Crippen LogP contribution is -2.63. The Morgan fingerprint density at radius 3 is 2.28 bits per heavy atom. The summed E-state index contributed by atoms with van der Waals surface area (Å²) >= 11 is 12.3. The minimum Gasteiger partial charge on any atom is -0.467 e. The summed E-state index contributed by atoms with van der Waals surface area (Å²) in [6.45, 7) is 7.48. The molecule has 0 N–H and O–H groups in total. The molecule has 0 aromatic heterocycles. The lowest BCUT2D eigenvalue weighted by atomic mass is 9.89. The molecule has 3 amide bonds. The van der Waals surface area contributed by atoms with Crippen molar-refractivity contribution in [1.82, 2.24) is 19.6 Å². The van der Waals surface area contributed by atoms with Gasteiger partial charge < -0.3 is 29.2 Å². The highest BCUT2D eigenvalue weighted by atomic mass is 35.5. The van der Waals surface area contributed by atoms with Gasteiger partial charge in [-0.15, -0.1) is 0 Å². The Kier molecular flexibility index (Phi) is 12.3. The number of amides is 3. The third kappa shape index (κ3) is 8.52. The van der Waals surface area contributed by atoms with Crippen molar-refractivity contribution in [2.75, 3.05) is 60.5 Å². The summed E-state index contributed by atoms with van der Waals surface area (Å²) in [5.74, 6) is -0.718. The van der Waals surface area contributed by atoms with Crippen molar-refractivity contribution in [1.29, 1.82) is 0 Å². The van der Waals surface area contributed by atoms with Crippen molar-refractivity contribution in [2.24, 2.45) is 5.16 Å². The Balaban J connectivity index is 1.41. The Labute approximate surface area is 282 Å². The van der Waals surface area contributed by atoms with Crippen LogP contribution in [0.2, 0.25) is 10.0 Å². The highest BCUT2D eigenvalue weighted by Gasteiger charge is 2.44. The Morgan fingerprint density at radius 2 is 1.67 bits per heavy atom. The number of benzene rings is 2. The van der Waals surface area contributed by atoms with Gasteiger partial charge in [0.1, 0.15) is 12.6 Å². The molecule has 10 nitrogen and oxygen atoms in total. The van der Waals surface area contributed by atoms with Gasteiger partial charge in [-0.05, 0) is 69.8 Å². The van der Waals surface area contributed by atoms with Gasteiger partial charge in [-0.25, -0.2) is 9.59 Å². The largest absolute Gasteiger partial charge is 0.467 e. The molecule has 0 bridgehead atoms. The number of rotatable bonds is 12. The van der Waals surface area contributed by atoms with E-state index in [2.05, 4.69) is 22.2 Å². The van der Waals surface area contributed by atoms with Crippen LogP contribution < -0.4 is 0 Å². The van der Waals surface area contributed by atoms with E-state index < -0.39 is 11.5 Å². The maximum atomic E-state index is 13.5. The minimum absolute atomic E-state index is 0.0881. The van der Waals surface area contributed by atoms with Gasteiger partial charge in [0, 0.05) is 60.8 Å². The van der Waals surface area contributed by atoms with Gasteiger partial charge in [0.15, 0.2) is 0 Å². The summed E-state index contributed by atoms with van der Waals surface area (Å²) in [5.41, 5.74) is 1.21. The fourth-order valence-corrected chi connectivity index (χ4v) is 7.00. The topological polar surface area (TPSA) is 95.0 Å². The van der Waals surface area contributed by atoms with Crippen molar-refractivity contribution < 1.29 is 24.0 Å². The first-order chi connectivity index (χ1) is 22.0. The maximum Gasteiger partial charge on any atom is 0.331 e. The lowest BCUT2D eigenvalue weighted by molar-refractivity contribution is -0.152. The highest BCUT2D eigenvalue weighted by Crippen LogP contribution is 2.29. The molecule has 2 saturated heterocycles. The van der Waals surface area contributed by atoms with E-state index in [0.717, 1.165) is 56.6 Å². The van der Waals surface area contributed by atoms with Crippen molar-refractivity contribution in [3.8, 4) is 0 Å². The van der Waals surface area contributed by atoms with Crippen LogP contribution in [0.1, 0.15) is 61.4 Å². The van der Waals surface area contributed by atoms with Crippen molar-refractivity contribution in [3.05, 3.63) is 69.7 Å². The lowest BCUT2D eigenvalue weighted by Gasteiger charge is -2.47. The van der Waals surface area contributed by atoms with E-state index >= 15 is 0 Å². The number of oxime groups is 1. The van der Waals surface area contributed by atoms with E-state index in [1.54, 1.807) is 48.9 Å². The van der Waals surface area contributed by atoms with E-state index in [9.17, 15) is 14.4 Å². The number of halogens is 2. The summed E-state index contributed by atoms with van der Waals surface area (Å²) in [6.07, 6.45) is 3.29. The van der Waals surface area contributed by atoms with E-state index in [-0.39, 0.29) is 30.4 Å². The smallest absolute Gasteiger partial charge is 0.331 e. The number of esters is 1. The van der Waals surface area contributed by atoms with Crippen molar-refractivity contribution in [3.63, 3.8) is 0 Å². The second-order valence-corrected chi connectivity index (χ2v) is 13.3. The number of urea groups is 1. The van der Waals surface area contributed by atoms with E-state index in [1.807, 2.05) is 23.1 Å². The number of nitrogens with zero attached hydrogens (tertiary/aromatic N) is 5. The van der Waals surface area contributed by atoms with E-state index in [1.165, 1.54) is 14.2 Å². The molecule has 2 aliphatic rings. The molecule has 1 unspecified atom stereocenters. The normalized spacial score (nSPS) is 17.5. The Morgan fingerprint density at radius 1 is 1.02 bits per heavy atom. The number of methoxy groups -OCH3 is 1. The number of carbonyl (C=O) groups excluding carboxylic acids is 3. The first-order valence-electron chi connectivity index (χ1n) is 15.7. The third-order valence-corrected chi connectivity index (χ3v) is 9.45. The van der Waals surface area contributed by atoms with Gasteiger partial charge in [-0.1, -0.05) is 58.7 Å². The third-order valence-electron chi connectivity index (χ3n) is 9.02. The second kappa shape index (κ2) is 16.0. The first kappa shape index (κ1) is 35.5. The molecule has 2 fully saturated rings. The van der Waals surface area contributed by atoms with Crippen molar-refractivity contribution >= 4 is 46.8 Å². The fraction of sp³-hybridized carbons (Fsp3) is 0.529. The van der Waals surface area contributed by atoms with Crippen LogP contribution in [0.5, 0.6) is 0 Å². The predicted octanol–water partition coefficient (Wildman–Crippen LogP) is 5.79. The summed E-state index contributed by atoms with van der Waals surface area (Å²) < 4.78 is 4.98. The number of carbonyl (C=O) groups is 3. The SMILES string of the molecule is CO/N=C(\CN(C)C(=O)c1cc(Cl)cc(Cl)c1)C(CCN1CCC(N2CCCN(C(C)(C)C(=O)OC)C2=O)CC1)c1ccccc1. The van der Waals surface area contributed by atoms with Gasteiger partial charge in [0.2, 0.25) is 0 Å². The van der Waals surface area contributed by atoms with Crippen molar-refractivity contribution in [2.45, 2.75) is 57.0 Å². The molecule has 2 aromatic rings. The molecule has 46 heavy (non-hydrogen) atoms. The number of hydrogen-bond donors (Lipinski definition) is 0. The molecule has 0 spiro atoms. The summed E-state index contributed by atoms with van der Waals surface area (Å²) in [5, 5.41) is 5.21. The highest BCUT2D eigenvalue weighted by molar-refractivity contribution is 6.35. The van der Waals surface area contributed by atoms with Crippen LogP contribution in [-0.2, 0) is 14.4 Å². The average Bonchev–Trinajstić information content (AvgIpc) is 3.04. The van der Waals surface area contributed by atoms with Crippen LogP contribution in [-0.4, -0.2) is 115 Å². The molecular formula is C34H45Cl2N5O5. The molecule has 0 radical (unpaired) electrons. The average molecular weight is 675 g/mol. The molecule has 1 atom stereocenters. The zero-order valence-corrected chi connectivity index (χ0v) is 28.9. The van der Waals surface area contributed by atoms with Gasteiger partial charge >= 0.3 is 12.0 Å². The van der Waals surface area contributed by atoms with Gasteiger partial charge in [-0.2, -0.15) is 0 Å². The van der Waals surface area contributed by atoms with Crippen LogP contribution in [0.4, 0.5) is 4.79 Å². The summed E-state index contributed by atoms with van der Waals surface area (Å²) in [6, 6.07) is 15.0. The van der Waals surface area contributed by atoms with E-state index in [0.29, 0.717) is 28.7 Å². The van der Waals surface area contributed by atoms with Crippen LogP contribution >= 0.6 is 23.2 Å². The molecule has 12 heteroatoms. The molecular weight excluding hydrogens is 629 g/mol. The maximum absolute atomic E-state index is 13.5. The van der Waals surface area contributed by atoms with E-state index in [4.69, 9.17) is 32.8 Å². The fourth-order valence-electron chi connectivity index (χ4n) is 6.47. The van der Waals surface area contributed by atoms with Gasteiger partial charge in [0.25, 0.3) is 5.91 Å². The second-order valence-electron chi connectivity index (χ2n) is 12.4. The number of ether oxygens (including phenoxy) is 1. The number of piperidine rings is 1. The first-order valence-corrected chi connectivity index (χ1v) is 16.5. The molecule has 2 aromatic carbocycles. The zero-order valence-electron chi connectivity index (χ0n) is 27.4. The zero-order chi connectivity index (χ0) is 33.4. The monoisotopic (exact) mass is 673 g/mol. The summed E-state index contributed by atoms with van der Waals surface area (Å²) in [7, 11) is 4.60. The molecule has 250 valence electrons. The van der Waals surface area contributed by atoms with Crippen LogP contribution in [0.3, 0.4) is 0 Å². The Hall–Kier alpha value is -3.34. The standard InChI is InChI=1S/C34H45Cl2N5O5/c1-34(2,32(43)45-4)41-16-9-15-40(33(41)44)28-12-17-39(18-13-28)19-14-29(24-10-7-6-8-11-24)30(37-46-5)23-38(3)31(42)25-20-26(35)22-27(36)21-25/h6-8,10-11,20-22,28-29H,9,12-19,23H2,1-5H3/b37-30+. The predicted molar refractivity (Wildman–Crippen MR) is 181 cm³/mol. The molecule has 0 aliphatic carbocycles. The molecule has 4 rings (SSSR count). The number of hydrogen-bond acceptors (Lipinski definition) is 7. The van der Waals surface area contributed by atoms with Gasteiger partial charge in [-0.3, -0.25) is 4.79 Å². The van der Waals surface area contributed by atoms with Crippen LogP contribution in [0, 0.1) is 0 Å². The number of likely N-dealkylation sites (tertiary alicyclic amines) is 1. The molecule has 2 aliphatic heterocycles. The minimum atomic E-state index is -1.01. The van der Waals surface area contributed by atoms with Gasteiger partial charge in [0.05, 0.1) is 19.4 Å². The van der Waals surface area contributed by atoms with Crippen LogP contribution in [0.25, 0.3) is 0 Å². The molecule has 2 heterocycles. The quantitative estimate of drug-likeness (QED) is 0.161. The molecule has 0 saturated carbocycles. The van der Waals surface area contributed by atoms with Crippen LogP contribution in [0.15, 0.2) is 53.7 Å². The Bertz CT molecular complexity index is 1380. The summed E-state index contributed by atoms with van der Waals surface area (Å²) in [4.78, 5) is 52.1.